The molecule has 5 heteroatoms. The van der Waals surface area contributed by atoms with Crippen LogP contribution >= 0.6 is 15.9 Å². The Morgan fingerprint density at radius 3 is 2.30 bits per heavy atom. The first-order valence-electron chi connectivity index (χ1n) is 8.43. The van der Waals surface area contributed by atoms with E-state index < -0.39 is 5.91 Å². The average Bonchev–Trinajstić information content (AvgIpc) is 3.05. The van der Waals surface area contributed by atoms with Crippen LogP contribution in [0.3, 0.4) is 0 Å². The highest BCUT2D eigenvalue weighted by atomic mass is 79.9. The molecule has 0 bridgehead atoms. The smallest absolute Gasteiger partial charge is 0.241 e. The number of hydrogen-bond donors (Lipinski definition) is 1. The third kappa shape index (κ3) is 3.55. The lowest BCUT2D eigenvalue weighted by atomic mass is 10.0. The van der Waals surface area contributed by atoms with Crippen LogP contribution in [0.25, 0.3) is 34.1 Å². The monoisotopic (exact) mass is 417 g/mol. The zero-order chi connectivity index (χ0) is 18.8. The Hall–Kier alpha value is -3.18. The zero-order valence-electron chi connectivity index (χ0n) is 14.3. The number of nitrogens with two attached hydrogens (primary N) is 1. The van der Waals surface area contributed by atoms with E-state index in [9.17, 15) is 4.79 Å². The highest BCUT2D eigenvalue weighted by Crippen LogP contribution is 2.29. The van der Waals surface area contributed by atoms with Gasteiger partial charge in [0.2, 0.25) is 5.91 Å². The molecule has 2 N–H and O–H groups in total. The summed E-state index contributed by atoms with van der Waals surface area (Å²) in [6.45, 7) is 0. The van der Waals surface area contributed by atoms with Crippen molar-refractivity contribution in [2.45, 2.75) is 0 Å². The Balaban J connectivity index is 1.83. The standard InChI is InChI=1S/C22H16BrN3O/c23-18-10-13-21-25-22(19(26(21)14-18)11-12-20(24)27)17-8-6-16(7-9-17)15-4-2-1-3-5-15/h1-14H,(H2,24,27)/b12-11+. The molecule has 0 unspecified atom stereocenters. The molecule has 1 amide bonds. The van der Waals surface area contributed by atoms with E-state index in [-0.39, 0.29) is 0 Å². The maximum atomic E-state index is 11.2. The number of hydrogen-bond acceptors (Lipinski definition) is 2. The van der Waals surface area contributed by atoms with Gasteiger partial charge in [-0.05, 0) is 45.3 Å². The number of imidazole rings is 1. The van der Waals surface area contributed by atoms with Crippen LogP contribution in [0.5, 0.6) is 0 Å². The maximum Gasteiger partial charge on any atom is 0.241 e. The molecule has 2 aromatic heterocycles. The van der Waals surface area contributed by atoms with Crippen molar-refractivity contribution in [3.05, 3.63) is 89.2 Å². The van der Waals surface area contributed by atoms with E-state index in [4.69, 9.17) is 10.7 Å². The zero-order valence-corrected chi connectivity index (χ0v) is 15.9. The van der Waals surface area contributed by atoms with E-state index in [1.807, 2.05) is 53.1 Å². The predicted molar refractivity (Wildman–Crippen MR) is 112 cm³/mol. The molecule has 0 spiro atoms. The van der Waals surface area contributed by atoms with Crippen LogP contribution in [0.4, 0.5) is 0 Å². The van der Waals surface area contributed by atoms with Crippen molar-refractivity contribution in [1.29, 1.82) is 0 Å². The molecular formula is C22H16BrN3O. The summed E-state index contributed by atoms with van der Waals surface area (Å²) in [5, 5.41) is 0. The van der Waals surface area contributed by atoms with Gasteiger partial charge in [-0.2, -0.15) is 0 Å². The molecule has 132 valence electrons. The summed E-state index contributed by atoms with van der Waals surface area (Å²) in [5.74, 6) is -0.495. The third-order valence-corrected chi connectivity index (χ3v) is 4.76. The molecule has 2 heterocycles. The molecule has 27 heavy (non-hydrogen) atoms. The number of amides is 1. The summed E-state index contributed by atoms with van der Waals surface area (Å²) in [6.07, 6.45) is 4.98. The largest absolute Gasteiger partial charge is 0.366 e. The van der Waals surface area contributed by atoms with Crippen LogP contribution in [-0.2, 0) is 4.79 Å². The molecule has 0 aliphatic heterocycles. The molecule has 4 rings (SSSR count). The number of halogens is 1. The molecule has 0 fully saturated rings. The lowest BCUT2D eigenvalue weighted by Gasteiger charge is -2.04. The molecule has 0 saturated heterocycles. The molecular weight excluding hydrogens is 402 g/mol. The van der Waals surface area contributed by atoms with E-state index in [2.05, 4.69) is 40.2 Å². The van der Waals surface area contributed by atoms with Crippen molar-refractivity contribution in [3.63, 3.8) is 0 Å². The molecule has 2 aromatic carbocycles. The maximum absolute atomic E-state index is 11.2. The van der Waals surface area contributed by atoms with E-state index in [0.717, 1.165) is 38.2 Å². The third-order valence-electron chi connectivity index (χ3n) is 4.29. The van der Waals surface area contributed by atoms with Crippen molar-refractivity contribution in [2.24, 2.45) is 5.73 Å². The van der Waals surface area contributed by atoms with Crippen molar-refractivity contribution < 1.29 is 4.79 Å². The minimum atomic E-state index is -0.495. The minimum absolute atomic E-state index is 0.495. The molecule has 0 aliphatic rings. The van der Waals surface area contributed by atoms with Gasteiger partial charge in [0, 0.05) is 22.3 Å². The Kier molecular flexibility index (Phi) is 4.60. The van der Waals surface area contributed by atoms with Crippen molar-refractivity contribution >= 4 is 33.6 Å². The molecule has 4 aromatic rings. The van der Waals surface area contributed by atoms with Gasteiger partial charge < -0.3 is 5.73 Å². The van der Waals surface area contributed by atoms with Gasteiger partial charge in [-0.15, -0.1) is 0 Å². The van der Waals surface area contributed by atoms with E-state index in [1.165, 1.54) is 6.08 Å². The summed E-state index contributed by atoms with van der Waals surface area (Å²) in [5.41, 5.74) is 11.0. The van der Waals surface area contributed by atoms with Crippen LogP contribution in [0.15, 0.2) is 83.5 Å². The fourth-order valence-corrected chi connectivity index (χ4v) is 3.36. The quantitative estimate of drug-likeness (QED) is 0.478. The SMILES string of the molecule is NC(=O)/C=C/c1c(-c2ccc(-c3ccccc3)cc2)nc2ccc(Br)cn12. The van der Waals surface area contributed by atoms with Gasteiger partial charge in [0.15, 0.2) is 0 Å². The second kappa shape index (κ2) is 7.21. The Morgan fingerprint density at radius 1 is 0.926 bits per heavy atom. The number of rotatable bonds is 4. The number of carbonyl (C=O) groups excluding carboxylic acids is 1. The van der Waals surface area contributed by atoms with Gasteiger partial charge in [0.05, 0.1) is 11.4 Å². The molecule has 0 aliphatic carbocycles. The van der Waals surface area contributed by atoms with Gasteiger partial charge in [0.25, 0.3) is 0 Å². The fourth-order valence-electron chi connectivity index (χ4n) is 3.02. The van der Waals surface area contributed by atoms with Gasteiger partial charge in [-0.3, -0.25) is 9.20 Å². The van der Waals surface area contributed by atoms with E-state index in [1.54, 1.807) is 6.08 Å². The molecule has 0 atom stereocenters. The highest BCUT2D eigenvalue weighted by molar-refractivity contribution is 9.10. The van der Waals surface area contributed by atoms with Crippen LogP contribution in [0.1, 0.15) is 5.69 Å². The Labute approximate surface area is 165 Å². The highest BCUT2D eigenvalue weighted by Gasteiger charge is 2.13. The van der Waals surface area contributed by atoms with Crippen LogP contribution in [0.2, 0.25) is 0 Å². The van der Waals surface area contributed by atoms with Crippen molar-refractivity contribution in [2.75, 3.05) is 0 Å². The fraction of sp³-hybridized carbons (Fsp3) is 0. The summed E-state index contributed by atoms with van der Waals surface area (Å²) in [6, 6.07) is 22.3. The number of pyridine rings is 1. The molecule has 4 nitrogen and oxygen atoms in total. The number of fused-ring (bicyclic) bond motifs is 1. The van der Waals surface area contributed by atoms with Gasteiger partial charge >= 0.3 is 0 Å². The minimum Gasteiger partial charge on any atom is -0.366 e. The van der Waals surface area contributed by atoms with Crippen molar-refractivity contribution in [1.82, 2.24) is 9.38 Å². The summed E-state index contributed by atoms with van der Waals surface area (Å²) in [7, 11) is 0. The predicted octanol–water partition coefficient (Wildman–Crippen LogP) is 4.93. The number of primary amides is 1. The first-order valence-corrected chi connectivity index (χ1v) is 9.22. The Bertz CT molecular complexity index is 1150. The van der Waals surface area contributed by atoms with Gasteiger partial charge in [-0.1, -0.05) is 54.6 Å². The normalized spacial score (nSPS) is 11.3. The van der Waals surface area contributed by atoms with E-state index >= 15 is 0 Å². The lowest BCUT2D eigenvalue weighted by molar-refractivity contribution is -0.113. The van der Waals surface area contributed by atoms with Crippen LogP contribution in [-0.4, -0.2) is 15.3 Å². The topological polar surface area (TPSA) is 60.4 Å². The lowest BCUT2D eigenvalue weighted by Crippen LogP contribution is -2.05. The van der Waals surface area contributed by atoms with Crippen LogP contribution < -0.4 is 5.73 Å². The first-order chi connectivity index (χ1) is 13.1. The number of nitrogens with zero attached hydrogens (tertiary/aromatic N) is 2. The van der Waals surface area contributed by atoms with E-state index in [0.29, 0.717) is 0 Å². The second-order valence-corrected chi connectivity index (χ2v) is 7.02. The number of carbonyl (C=O) groups is 1. The number of aromatic nitrogens is 2. The molecule has 0 radical (unpaired) electrons. The second-order valence-electron chi connectivity index (χ2n) is 6.10. The van der Waals surface area contributed by atoms with Crippen molar-refractivity contribution in [3.8, 4) is 22.4 Å². The Morgan fingerprint density at radius 2 is 1.59 bits per heavy atom. The summed E-state index contributed by atoms with van der Waals surface area (Å²) >= 11 is 3.48. The van der Waals surface area contributed by atoms with Gasteiger partial charge in [0.1, 0.15) is 5.65 Å². The first kappa shape index (κ1) is 17.2. The summed E-state index contributed by atoms with van der Waals surface area (Å²) in [4.78, 5) is 16.0. The van der Waals surface area contributed by atoms with Crippen LogP contribution in [0, 0.1) is 0 Å². The average molecular weight is 418 g/mol. The number of benzene rings is 2. The molecule has 0 saturated carbocycles. The summed E-state index contributed by atoms with van der Waals surface area (Å²) < 4.78 is 2.86. The van der Waals surface area contributed by atoms with Gasteiger partial charge in [-0.25, -0.2) is 4.98 Å².